The van der Waals surface area contributed by atoms with Gasteiger partial charge in [-0.15, -0.1) is 5.10 Å². The average molecular weight is 487 g/mol. The molecule has 1 saturated heterocycles. The molecule has 0 spiro atoms. The van der Waals surface area contributed by atoms with Crippen LogP contribution in [0.5, 0.6) is 0 Å². The number of fused-ring (bicyclic) bond motifs is 1. The lowest BCUT2D eigenvalue weighted by Crippen LogP contribution is -2.33. The number of hydrogen-bond donors (Lipinski definition) is 1. The smallest absolute Gasteiger partial charge is 0.252 e. The molecular weight excluding hydrogens is 452 g/mol. The fourth-order valence-corrected chi connectivity index (χ4v) is 5.33. The van der Waals surface area contributed by atoms with Crippen molar-refractivity contribution in [3.63, 3.8) is 0 Å². The predicted octanol–water partition coefficient (Wildman–Crippen LogP) is 4.46. The molecule has 0 radical (unpaired) electrons. The maximum Gasteiger partial charge on any atom is 0.252 e. The molecule has 5 rings (SSSR count). The molecular formula is C28H34N6O2. The Morgan fingerprint density at radius 1 is 1.17 bits per heavy atom. The van der Waals surface area contributed by atoms with E-state index in [4.69, 9.17) is 4.74 Å². The third-order valence-corrected chi connectivity index (χ3v) is 7.06. The Hall–Kier alpha value is -3.36. The van der Waals surface area contributed by atoms with Gasteiger partial charge in [0.15, 0.2) is 5.82 Å². The van der Waals surface area contributed by atoms with Crippen molar-refractivity contribution in [2.75, 3.05) is 6.61 Å². The molecule has 8 heteroatoms. The van der Waals surface area contributed by atoms with Crippen LogP contribution >= 0.6 is 0 Å². The Morgan fingerprint density at radius 2 is 2.00 bits per heavy atom. The highest BCUT2D eigenvalue weighted by Gasteiger charge is 2.28. The van der Waals surface area contributed by atoms with Crippen LogP contribution in [0.25, 0.3) is 10.9 Å². The van der Waals surface area contributed by atoms with E-state index in [0.29, 0.717) is 19.6 Å². The molecule has 8 nitrogen and oxygen atoms in total. The maximum absolute atomic E-state index is 13.2. The topological polar surface area (TPSA) is 88.9 Å². The highest BCUT2D eigenvalue weighted by Crippen LogP contribution is 2.28. The minimum atomic E-state index is -0.0593. The number of benzene rings is 2. The Bertz CT molecular complexity index is 1370. The van der Waals surface area contributed by atoms with Crippen LogP contribution in [0.3, 0.4) is 0 Å². The lowest BCUT2D eigenvalue weighted by Gasteiger charge is -2.30. The van der Waals surface area contributed by atoms with Gasteiger partial charge in [-0.25, -0.2) is 4.68 Å². The molecule has 2 atom stereocenters. The van der Waals surface area contributed by atoms with Gasteiger partial charge in [0.25, 0.3) is 5.56 Å². The molecule has 36 heavy (non-hydrogen) atoms. The van der Waals surface area contributed by atoms with Gasteiger partial charge in [0, 0.05) is 25.3 Å². The minimum Gasteiger partial charge on any atom is -0.376 e. The number of pyridine rings is 1. The summed E-state index contributed by atoms with van der Waals surface area (Å²) in [5, 5.41) is 13.8. The average Bonchev–Trinajstić information content (AvgIpc) is 3.54. The van der Waals surface area contributed by atoms with E-state index < -0.39 is 0 Å². The van der Waals surface area contributed by atoms with Crippen molar-refractivity contribution in [1.29, 1.82) is 0 Å². The number of nitrogens with one attached hydrogen (secondary N) is 1. The van der Waals surface area contributed by atoms with Crippen LogP contribution in [-0.2, 0) is 24.4 Å². The minimum absolute atomic E-state index is 0.0543. The summed E-state index contributed by atoms with van der Waals surface area (Å²) in [6.45, 7) is 8.86. The van der Waals surface area contributed by atoms with Crippen LogP contribution in [0.2, 0.25) is 0 Å². The Morgan fingerprint density at radius 3 is 2.75 bits per heavy atom. The second-order valence-corrected chi connectivity index (χ2v) is 9.84. The van der Waals surface area contributed by atoms with Crippen LogP contribution in [0, 0.1) is 13.8 Å². The zero-order valence-corrected chi connectivity index (χ0v) is 21.3. The molecule has 0 unspecified atom stereocenters. The highest BCUT2D eigenvalue weighted by molar-refractivity contribution is 5.82. The van der Waals surface area contributed by atoms with Gasteiger partial charge in [0.2, 0.25) is 0 Å². The number of tetrazole rings is 1. The number of hydrogen-bond acceptors (Lipinski definition) is 6. The molecule has 0 saturated carbocycles. The number of aromatic amines is 1. The van der Waals surface area contributed by atoms with Crippen molar-refractivity contribution in [3.8, 4) is 0 Å². The zero-order valence-electron chi connectivity index (χ0n) is 21.3. The van der Waals surface area contributed by atoms with E-state index in [1.807, 2.05) is 35.9 Å². The molecule has 1 fully saturated rings. The van der Waals surface area contributed by atoms with Crippen LogP contribution in [0.15, 0.2) is 53.3 Å². The summed E-state index contributed by atoms with van der Waals surface area (Å²) in [4.78, 5) is 18.7. The summed E-state index contributed by atoms with van der Waals surface area (Å²) in [5.41, 5.74) is 5.02. The second kappa shape index (κ2) is 10.7. The molecule has 0 aliphatic carbocycles. The van der Waals surface area contributed by atoms with Crippen LogP contribution in [0.4, 0.5) is 0 Å². The third-order valence-electron chi connectivity index (χ3n) is 7.06. The monoisotopic (exact) mass is 486 g/mol. The molecule has 3 heterocycles. The van der Waals surface area contributed by atoms with E-state index in [9.17, 15) is 4.79 Å². The van der Waals surface area contributed by atoms with Gasteiger partial charge in [-0.05, 0) is 72.2 Å². The lowest BCUT2D eigenvalue weighted by molar-refractivity contribution is 0.0888. The highest BCUT2D eigenvalue weighted by atomic mass is 16.5. The first-order chi connectivity index (χ1) is 17.5. The van der Waals surface area contributed by atoms with Gasteiger partial charge in [0.05, 0.1) is 24.2 Å². The number of ether oxygens (including phenoxy) is 1. The summed E-state index contributed by atoms with van der Waals surface area (Å²) in [6.07, 6.45) is 3.04. The van der Waals surface area contributed by atoms with Crippen molar-refractivity contribution in [3.05, 3.63) is 87.0 Å². The number of nitrogens with zero attached hydrogens (tertiary/aromatic N) is 5. The van der Waals surface area contributed by atoms with Gasteiger partial charge >= 0.3 is 0 Å². The van der Waals surface area contributed by atoms with E-state index in [0.717, 1.165) is 53.7 Å². The molecule has 0 amide bonds. The molecule has 2 aromatic heterocycles. The largest absolute Gasteiger partial charge is 0.376 e. The van der Waals surface area contributed by atoms with Gasteiger partial charge in [0.1, 0.15) is 0 Å². The van der Waals surface area contributed by atoms with E-state index in [1.165, 1.54) is 11.1 Å². The van der Waals surface area contributed by atoms with Crippen molar-refractivity contribution >= 4 is 10.9 Å². The van der Waals surface area contributed by atoms with E-state index in [1.54, 1.807) is 0 Å². The zero-order chi connectivity index (χ0) is 25.1. The molecule has 1 aliphatic heterocycles. The third kappa shape index (κ3) is 5.24. The summed E-state index contributed by atoms with van der Waals surface area (Å²) in [7, 11) is 0. The number of aryl methyl sites for hydroxylation is 2. The first kappa shape index (κ1) is 24.3. The fraction of sp³-hybridized carbons (Fsp3) is 0.429. The normalized spacial score (nSPS) is 16.7. The van der Waals surface area contributed by atoms with Gasteiger partial charge in [-0.1, -0.05) is 48.9 Å². The first-order valence-electron chi connectivity index (χ1n) is 12.8. The molecule has 1 N–H and O–H groups in total. The van der Waals surface area contributed by atoms with Crippen LogP contribution in [0.1, 0.15) is 60.3 Å². The summed E-state index contributed by atoms with van der Waals surface area (Å²) >= 11 is 0. The summed E-state index contributed by atoms with van der Waals surface area (Å²) in [5.74, 6) is 0.813. The Kier molecular flexibility index (Phi) is 7.25. The molecule has 1 aliphatic rings. The van der Waals surface area contributed by atoms with Crippen LogP contribution < -0.4 is 5.56 Å². The van der Waals surface area contributed by atoms with E-state index in [2.05, 4.69) is 63.5 Å². The SMILES string of the molecule is CC[C@H](c1nnnn1C[C@@H]1CCCO1)N(Cc1ccccc1)Cc1cc2cc(C)cc(C)c2[nH]c1=O. The van der Waals surface area contributed by atoms with E-state index in [-0.39, 0.29) is 17.7 Å². The molecule has 2 aromatic carbocycles. The molecule has 188 valence electrons. The van der Waals surface area contributed by atoms with Crippen molar-refractivity contribution < 1.29 is 4.74 Å². The van der Waals surface area contributed by atoms with Crippen LogP contribution in [-0.4, -0.2) is 42.8 Å². The fourth-order valence-electron chi connectivity index (χ4n) is 5.33. The number of rotatable bonds is 9. The summed E-state index contributed by atoms with van der Waals surface area (Å²) < 4.78 is 7.74. The maximum atomic E-state index is 13.2. The summed E-state index contributed by atoms with van der Waals surface area (Å²) in [6, 6.07) is 16.5. The lowest BCUT2D eigenvalue weighted by atomic mass is 10.0. The van der Waals surface area contributed by atoms with Gasteiger partial charge < -0.3 is 9.72 Å². The quantitative estimate of drug-likeness (QED) is 0.376. The van der Waals surface area contributed by atoms with Crippen molar-refractivity contribution in [1.82, 2.24) is 30.1 Å². The van der Waals surface area contributed by atoms with Crippen molar-refractivity contribution in [2.45, 2.75) is 71.8 Å². The second-order valence-electron chi connectivity index (χ2n) is 9.84. The van der Waals surface area contributed by atoms with Gasteiger partial charge in [-0.3, -0.25) is 9.69 Å². The molecule has 4 aromatic rings. The van der Waals surface area contributed by atoms with Gasteiger partial charge in [-0.2, -0.15) is 0 Å². The molecule has 0 bridgehead atoms. The number of H-pyrrole nitrogens is 1. The first-order valence-corrected chi connectivity index (χ1v) is 12.8. The predicted molar refractivity (Wildman–Crippen MR) is 140 cm³/mol. The standard InChI is InChI=1S/C28H34N6O2/c1-4-25(27-30-31-32-34(27)18-24-11-8-12-36-24)33(16-21-9-6-5-7-10-21)17-23-15-22-14-19(2)13-20(3)26(22)29-28(23)35/h5-7,9-10,13-15,24-25H,4,8,11-12,16-18H2,1-3H3,(H,29,35)/t24-,25+/m0/s1. The van der Waals surface area contributed by atoms with E-state index >= 15 is 0 Å². The number of aromatic nitrogens is 5. The van der Waals surface area contributed by atoms with Crippen molar-refractivity contribution in [2.24, 2.45) is 0 Å². The Balaban J connectivity index is 1.51. The Labute approximate surface area is 211 Å².